The molecule has 0 aromatic heterocycles. The Morgan fingerprint density at radius 2 is 1.74 bits per heavy atom. The van der Waals surface area contributed by atoms with Gasteiger partial charge in [-0.05, 0) is 42.5 Å². The first-order valence-corrected chi connectivity index (χ1v) is 7.60. The van der Waals surface area contributed by atoms with Crippen LogP contribution in [-0.2, 0) is 4.79 Å². The van der Waals surface area contributed by atoms with Crippen molar-refractivity contribution in [3.05, 3.63) is 64.7 Å². The molecule has 6 heteroatoms. The third-order valence-electron chi connectivity index (χ3n) is 3.15. The highest BCUT2D eigenvalue weighted by atomic mass is 79.9. The average Bonchev–Trinajstić information content (AvgIpc) is 3.01. The fourth-order valence-electron chi connectivity index (χ4n) is 2.02. The number of amides is 1. The minimum atomic E-state index is -0.394. The molecule has 0 saturated heterocycles. The van der Waals surface area contributed by atoms with E-state index in [4.69, 9.17) is 9.47 Å². The minimum absolute atomic E-state index is 0.175. The van der Waals surface area contributed by atoms with E-state index in [9.17, 15) is 9.59 Å². The molecule has 0 unspecified atom stereocenters. The number of anilines is 1. The Morgan fingerprint density at radius 1 is 1.00 bits per heavy atom. The molecule has 0 radical (unpaired) electrons. The molecule has 0 bridgehead atoms. The molecule has 0 spiro atoms. The van der Waals surface area contributed by atoms with Crippen LogP contribution in [0.5, 0.6) is 11.5 Å². The molecule has 1 aliphatic rings. The van der Waals surface area contributed by atoms with Gasteiger partial charge in [0.1, 0.15) is 0 Å². The average molecular weight is 374 g/mol. The number of benzene rings is 2. The van der Waals surface area contributed by atoms with Crippen molar-refractivity contribution in [2.24, 2.45) is 0 Å². The van der Waals surface area contributed by atoms with Crippen LogP contribution in [-0.4, -0.2) is 18.5 Å². The van der Waals surface area contributed by atoms with Crippen molar-refractivity contribution in [3.8, 4) is 11.5 Å². The molecule has 0 saturated carbocycles. The first-order valence-electron chi connectivity index (χ1n) is 6.80. The number of carbonyl (C=O) groups is 2. The number of fused-ring (bicyclic) bond motifs is 1. The highest BCUT2D eigenvalue weighted by Gasteiger charge is 2.13. The van der Waals surface area contributed by atoms with Crippen molar-refractivity contribution >= 4 is 33.3 Å². The number of nitrogens with one attached hydrogen (secondary N) is 1. The zero-order chi connectivity index (χ0) is 16.2. The Labute approximate surface area is 141 Å². The summed E-state index contributed by atoms with van der Waals surface area (Å²) in [5.74, 6) is 0.592. The number of halogens is 1. The fourth-order valence-corrected chi connectivity index (χ4v) is 2.28. The predicted molar refractivity (Wildman–Crippen MR) is 88.8 cm³/mol. The van der Waals surface area contributed by atoms with Crippen molar-refractivity contribution < 1.29 is 19.1 Å². The van der Waals surface area contributed by atoms with Gasteiger partial charge in [-0.2, -0.15) is 0 Å². The van der Waals surface area contributed by atoms with E-state index in [-0.39, 0.29) is 12.6 Å². The van der Waals surface area contributed by atoms with Gasteiger partial charge in [0.2, 0.25) is 12.7 Å². The van der Waals surface area contributed by atoms with Crippen LogP contribution < -0.4 is 14.8 Å². The molecular weight excluding hydrogens is 362 g/mol. The van der Waals surface area contributed by atoms with Crippen molar-refractivity contribution in [1.29, 1.82) is 0 Å². The first-order chi connectivity index (χ1) is 11.1. The van der Waals surface area contributed by atoms with Crippen LogP contribution >= 0.6 is 15.9 Å². The van der Waals surface area contributed by atoms with Crippen LogP contribution in [0, 0.1) is 0 Å². The second-order valence-corrected chi connectivity index (χ2v) is 5.68. The largest absolute Gasteiger partial charge is 0.454 e. The van der Waals surface area contributed by atoms with E-state index >= 15 is 0 Å². The van der Waals surface area contributed by atoms with Crippen LogP contribution in [0.2, 0.25) is 0 Å². The van der Waals surface area contributed by atoms with Gasteiger partial charge in [0.25, 0.3) is 0 Å². The van der Waals surface area contributed by atoms with Gasteiger partial charge in [0.15, 0.2) is 17.3 Å². The van der Waals surface area contributed by atoms with Gasteiger partial charge in [0.05, 0.1) is 0 Å². The lowest BCUT2D eigenvalue weighted by Crippen LogP contribution is -2.08. The topological polar surface area (TPSA) is 64.6 Å². The highest BCUT2D eigenvalue weighted by molar-refractivity contribution is 9.10. The number of hydrogen-bond donors (Lipinski definition) is 1. The van der Waals surface area contributed by atoms with E-state index in [1.807, 2.05) is 0 Å². The zero-order valence-electron chi connectivity index (χ0n) is 11.9. The van der Waals surface area contributed by atoms with Crippen LogP contribution in [0.15, 0.2) is 59.1 Å². The summed E-state index contributed by atoms with van der Waals surface area (Å²) in [6, 6.07) is 12.0. The summed E-state index contributed by atoms with van der Waals surface area (Å²) in [6.07, 6.45) is 2.44. The molecule has 1 N–H and O–H groups in total. The SMILES string of the molecule is O=C(/C=C/C(=O)c1ccc(Br)cc1)Nc1ccc2c(c1)OCO2. The van der Waals surface area contributed by atoms with Gasteiger partial charge in [-0.15, -0.1) is 0 Å². The quantitative estimate of drug-likeness (QED) is 0.657. The summed E-state index contributed by atoms with van der Waals surface area (Å²) < 4.78 is 11.3. The maximum Gasteiger partial charge on any atom is 0.248 e. The van der Waals surface area contributed by atoms with Crippen LogP contribution in [0.1, 0.15) is 10.4 Å². The van der Waals surface area contributed by atoms with Crippen LogP contribution in [0.3, 0.4) is 0 Å². The Balaban J connectivity index is 1.62. The summed E-state index contributed by atoms with van der Waals surface area (Å²) >= 11 is 3.30. The number of allylic oxidation sites excluding steroid dienone is 1. The fraction of sp³-hybridized carbons (Fsp3) is 0.0588. The molecule has 0 aliphatic carbocycles. The Bertz CT molecular complexity index is 784. The maximum absolute atomic E-state index is 11.9. The number of rotatable bonds is 4. The second kappa shape index (κ2) is 6.66. The summed E-state index contributed by atoms with van der Waals surface area (Å²) in [5, 5.41) is 2.67. The van der Waals surface area contributed by atoms with Crippen molar-refractivity contribution in [1.82, 2.24) is 0 Å². The molecule has 1 amide bonds. The third-order valence-corrected chi connectivity index (χ3v) is 3.68. The lowest BCUT2D eigenvalue weighted by atomic mass is 10.1. The number of ketones is 1. The van der Waals surface area contributed by atoms with Gasteiger partial charge >= 0.3 is 0 Å². The van der Waals surface area contributed by atoms with Crippen molar-refractivity contribution in [2.45, 2.75) is 0 Å². The van der Waals surface area contributed by atoms with Gasteiger partial charge < -0.3 is 14.8 Å². The van der Waals surface area contributed by atoms with Gasteiger partial charge in [0, 0.05) is 27.9 Å². The smallest absolute Gasteiger partial charge is 0.248 e. The van der Waals surface area contributed by atoms with Gasteiger partial charge in [-0.3, -0.25) is 9.59 Å². The molecule has 3 rings (SSSR count). The normalized spacial score (nSPS) is 12.4. The molecule has 2 aromatic carbocycles. The van der Waals surface area contributed by atoms with Crippen molar-refractivity contribution in [3.63, 3.8) is 0 Å². The zero-order valence-corrected chi connectivity index (χ0v) is 13.5. The molecule has 5 nitrogen and oxygen atoms in total. The monoisotopic (exact) mass is 373 g/mol. The molecule has 1 heterocycles. The van der Waals surface area contributed by atoms with E-state index in [0.717, 1.165) is 4.47 Å². The van der Waals surface area contributed by atoms with Crippen LogP contribution in [0.4, 0.5) is 5.69 Å². The van der Waals surface area contributed by atoms with E-state index < -0.39 is 5.91 Å². The predicted octanol–water partition coefficient (Wildman–Crippen LogP) is 3.56. The van der Waals surface area contributed by atoms with Gasteiger partial charge in [-0.1, -0.05) is 15.9 Å². The molecule has 0 fully saturated rings. The van der Waals surface area contributed by atoms with E-state index in [0.29, 0.717) is 22.7 Å². The molecule has 116 valence electrons. The number of ether oxygens (including phenoxy) is 2. The summed E-state index contributed by atoms with van der Waals surface area (Å²) in [4.78, 5) is 23.8. The standard InChI is InChI=1S/C17H12BrNO4/c18-12-3-1-11(2-4-12)14(20)6-8-17(21)19-13-5-7-15-16(9-13)23-10-22-15/h1-9H,10H2,(H,19,21)/b8-6+. The summed E-state index contributed by atoms with van der Waals surface area (Å²) in [5.41, 5.74) is 1.08. The summed E-state index contributed by atoms with van der Waals surface area (Å²) in [6.45, 7) is 0.175. The molecule has 1 aliphatic heterocycles. The van der Waals surface area contributed by atoms with Gasteiger partial charge in [-0.25, -0.2) is 0 Å². The van der Waals surface area contributed by atoms with Crippen LogP contribution in [0.25, 0.3) is 0 Å². The minimum Gasteiger partial charge on any atom is -0.454 e. The second-order valence-electron chi connectivity index (χ2n) is 4.76. The Kier molecular flexibility index (Phi) is 4.43. The summed E-state index contributed by atoms with van der Waals surface area (Å²) in [7, 11) is 0. The lowest BCUT2D eigenvalue weighted by molar-refractivity contribution is -0.111. The number of carbonyl (C=O) groups excluding carboxylic acids is 2. The molecule has 2 aromatic rings. The van der Waals surface area contributed by atoms with E-state index in [1.54, 1.807) is 42.5 Å². The molecule has 23 heavy (non-hydrogen) atoms. The lowest BCUT2D eigenvalue weighted by Gasteiger charge is -2.03. The Hall–Kier alpha value is -2.60. The Morgan fingerprint density at radius 3 is 2.52 bits per heavy atom. The molecular formula is C17H12BrNO4. The number of hydrogen-bond acceptors (Lipinski definition) is 4. The maximum atomic E-state index is 11.9. The molecule has 0 atom stereocenters. The van der Waals surface area contributed by atoms with E-state index in [2.05, 4.69) is 21.2 Å². The first kappa shape index (κ1) is 15.3. The van der Waals surface area contributed by atoms with Crippen molar-refractivity contribution in [2.75, 3.05) is 12.1 Å². The highest BCUT2D eigenvalue weighted by Crippen LogP contribution is 2.34. The van der Waals surface area contributed by atoms with E-state index in [1.165, 1.54) is 12.2 Å². The third kappa shape index (κ3) is 3.78.